The highest BCUT2D eigenvalue weighted by molar-refractivity contribution is 5.20. The summed E-state index contributed by atoms with van der Waals surface area (Å²) in [4.78, 5) is 7.24. The molecule has 0 spiro atoms. The van der Waals surface area contributed by atoms with Gasteiger partial charge in [-0.1, -0.05) is 0 Å². The van der Waals surface area contributed by atoms with Gasteiger partial charge in [0.2, 0.25) is 0 Å². The molecule has 0 bridgehead atoms. The molecule has 1 saturated heterocycles. The first-order valence-electron chi connectivity index (χ1n) is 7.46. The van der Waals surface area contributed by atoms with E-state index in [1.165, 1.54) is 0 Å². The summed E-state index contributed by atoms with van der Waals surface area (Å²) in [5, 5.41) is 0. The van der Waals surface area contributed by atoms with Gasteiger partial charge in [-0.05, 0) is 27.1 Å². The molecule has 5 nitrogen and oxygen atoms in total. The van der Waals surface area contributed by atoms with Gasteiger partial charge in [0.1, 0.15) is 11.5 Å². The van der Waals surface area contributed by atoms with Crippen LogP contribution in [-0.2, 0) is 13.1 Å². The van der Waals surface area contributed by atoms with Crippen molar-refractivity contribution in [3.05, 3.63) is 23.2 Å². The average molecular weight is 280 g/mol. The highest BCUT2D eigenvalue weighted by Crippen LogP contribution is 2.16. The lowest BCUT2D eigenvalue weighted by Gasteiger charge is -2.34. The fourth-order valence-corrected chi connectivity index (χ4v) is 2.60. The monoisotopic (exact) mass is 280 g/mol. The van der Waals surface area contributed by atoms with Gasteiger partial charge in [0.25, 0.3) is 0 Å². The van der Waals surface area contributed by atoms with Gasteiger partial charge < -0.3 is 15.1 Å². The Hall–Kier alpha value is -0.880. The molecule has 1 aliphatic heterocycles. The van der Waals surface area contributed by atoms with E-state index in [1.807, 2.05) is 6.92 Å². The summed E-state index contributed by atoms with van der Waals surface area (Å²) < 4.78 is 5.77. The summed E-state index contributed by atoms with van der Waals surface area (Å²) in [5.74, 6) is 2.01. The maximum absolute atomic E-state index is 5.77. The minimum Gasteiger partial charge on any atom is -0.465 e. The number of hydrogen-bond donors (Lipinski definition) is 1. The Labute approximate surface area is 122 Å². The molecule has 0 aromatic carbocycles. The molecule has 2 rings (SSSR count). The van der Waals surface area contributed by atoms with Crippen molar-refractivity contribution >= 4 is 0 Å². The van der Waals surface area contributed by atoms with Crippen molar-refractivity contribution in [1.82, 2.24) is 14.7 Å². The van der Waals surface area contributed by atoms with Gasteiger partial charge >= 0.3 is 0 Å². The molecular weight excluding hydrogens is 252 g/mol. The van der Waals surface area contributed by atoms with E-state index in [0.29, 0.717) is 6.54 Å². The predicted octanol–water partition coefficient (Wildman–Crippen LogP) is 0.726. The topological polar surface area (TPSA) is 48.9 Å². The number of piperazine rings is 1. The second-order valence-corrected chi connectivity index (χ2v) is 5.92. The van der Waals surface area contributed by atoms with Crippen molar-refractivity contribution in [2.75, 3.05) is 53.4 Å². The first-order valence-corrected chi connectivity index (χ1v) is 7.46. The van der Waals surface area contributed by atoms with Crippen molar-refractivity contribution in [3.8, 4) is 0 Å². The highest BCUT2D eigenvalue weighted by atomic mass is 16.3. The van der Waals surface area contributed by atoms with Crippen molar-refractivity contribution in [2.45, 2.75) is 20.0 Å². The third kappa shape index (κ3) is 4.31. The summed E-state index contributed by atoms with van der Waals surface area (Å²) in [7, 11) is 4.26. The van der Waals surface area contributed by atoms with Gasteiger partial charge in [-0.2, -0.15) is 0 Å². The zero-order valence-corrected chi connectivity index (χ0v) is 13.1. The minimum atomic E-state index is 0.563. The summed E-state index contributed by atoms with van der Waals surface area (Å²) in [6.07, 6.45) is 0. The Bertz CT molecular complexity index is 408. The molecule has 1 fully saturated rings. The first-order chi connectivity index (χ1) is 9.58. The first kappa shape index (κ1) is 15.5. The van der Waals surface area contributed by atoms with Crippen molar-refractivity contribution in [2.24, 2.45) is 5.73 Å². The Morgan fingerprint density at radius 3 is 2.40 bits per heavy atom. The zero-order valence-electron chi connectivity index (χ0n) is 13.1. The smallest absolute Gasteiger partial charge is 0.118 e. The number of aryl methyl sites for hydroxylation is 1. The molecule has 0 atom stereocenters. The lowest BCUT2D eigenvalue weighted by atomic mass is 10.2. The largest absolute Gasteiger partial charge is 0.465 e. The van der Waals surface area contributed by atoms with Crippen LogP contribution in [0.2, 0.25) is 0 Å². The van der Waals surface area contributed by atoms with E-state index in [2.05, 4.69) is 34.9 Å². The third-order valence-corrected chi connectivity index (χ3v) is 4.00. The molecule has 0 amide bonds. The molecule has 0 radical (unpaired) electrons. The van der Waals surface area contributed by atoms with Crippen LogP contribution in [0, 0.1) is 6.92 Å². The predicted molar refractivity (Wildman–Crippen MR) is 81.6 cm³/mol. The maximum Gasteiger partial charge on any atom is 0.118 e. The molecule has 20 heavy (non-hydrogen) atoms. The van der Waals surface area contributed by atoms with Crippen LogP contribution in [0.25, 0.3) is 0 Å². The molecule has 0 unspecified atom stereocenters. The Morgan fingerprint density at radius 1 is 1.20 bits per heavy atom. The molecule has 0 saturated carbocycles. The summed E-state index contributed by atoms with van der Waals surface area (Å²) >= 11 is 0. The lowest BCUT2D eigenvalue weighted by Crippen LogP contribution is -2.47. The molecule has 114 valence electrons. The van der Waals surface area contributed by atoms with Crippen LogP contribution in [0.4, 0.5) is 0 Å². The van der Waals surface area contributed by atoms with Gasteiger partial charge in [-0.3, -0.25) is 9.80 Å². The van der Waals surface area contributed by atoms with Crippen molar-refractivity contribution in [1.29, 1.82) is 0 Å². The number of furan rings is 1. The molecule has 1 aliphatic rings. The number of likely N-dealkylation sites (N-methyl/N-ethyl adjacent to an activating group) is 1. The average Bonchev–Trinajstić information content (AvgIpc) is 2.78. The second-order valence-electron chi connectivity index (χ2n) is 5.92. The SMILES string of the molecule is Cc1oc(CN2CCN(CCN(C)C)CC2)cc1CN. The van der Waals surface area contributed by atoms with Crippen LogP contribution >= 0.6 is 0 Å². The van der Waals surface area contributed by atoms with E-state index in [1.54, 1.807) is 0 Å². The number of hydrogen-bond acceptors (Lipinski definition) is 5. The van der Waals surface area contributed by atoms with E-state index >= 15 is 0 Å². The van der Waals surface area contributed by atoms with Crippen LogP contribution in [0.15, 0.2) is 10.5 Å². The van der Waals surface area contributed by atoms with Gasteiger partial charge in [0.15, 0.2) is 0 Å². The van der Waals surface area contributed by atoms with Crippen molar-refractivity contribution in [3.63, 3.8) is 0 Å². The van der Waals surface area contributed by atoms with E-state index in [-0.39, 0.29) is 0 Å². The maximum atomic E-state index is 5.77. The van der Waals surface area contributed by atoms with E-state index in [4.69, 9.17) is 10.2 Å². The van der Waals surface area contributed by atoms with Crippen molar-refractivity contribution < 1.29 is 4.42 Å². The van der Waals surface area contributed by atoms with Gasteiger partial charge in [0.05, 0.1) is 6.54 Å². The molecule has 0 aliphatic carbocycles. The fraction of sp³-hybridized carbons (Fsp3) is 0.733. The number of nitrogens with two attached hydrogens (primary N) is 1. The quantitative estimate of drug-likeness (QED) is 0.832. The molecule has 1 aromatic heterocycles. The summed E-state index contributed by atoms with van der Waals surface area (Å²) in [5.41, 5.74) is 6.82. The Morgan fingerprint density at radius 2 is 1.85 bits per heavy atom. The fourth-order valence-electron chi connectivity index (χ4n) is 2.60. The highest BCUT2D eigenvalue weighted by Gasteiger charge is 2.18. The van der Waals surface area contributed by atoms with Gasteiger partial charge in [-0.25, -0.2) is 0 Å². The van der Waals surface area contributed by atoms with Crippen LogP contribution in [0.3, 0.4) is 0 Å². The van der Waals surface area contributed by atoms with Gasteiger partial charge in [0, 0.05) is 51.4 Å². The van der Waals surface area contributed by atoms with Crippen LogP contribution < -0.4 is 5.73 Å². The molecule has 2 N–H and O–H groups in total. The molecule has 5 heteroatoms. The van der Waals surface area contributed by atoms with Crippen LogP contribution in [-0.4, -0.2) is 68.1 Å². The summed E-state index contributed by atoms with van der Waals surface area (Å²) in [6.45, 7) is 10.3. The third-order valence-electron chi connectivity index (χ3n) is 4.00. The minimum absolute atomic E-state index is 0.563. The lowest BCUT2D eigenvalue weighted by molar-refractivity contribution is 0.114. The Balaban J connectivity index is 1.76. The summed E-state index contributed by atoms with van der Waals surface area (Å²) in [6, 6.07) is 2.10. The van der Waals surface area contributed by atoms with E-state index in [0.717, 1.165) is 62.9 Å². The molecule has 1 aromatic rings. The zero-order chi connectivity index (χ0) is 14.5. The molecular formula is C15H28N4O. The van der Waals surface area contributed by atoms with E-state index in [9.17, 15) is 0 Å². The van der Waals surface area contributed by atoms with E-state index < -0.39 is 0 Å². The van der Waals surface area contributed by atoms with Crippen LogP contribution in [0.5, 0.6) is 0 Å². The van der Waals surface area contributed by atoms with Crippen LogP contribution in [0.1, 0.15) is 17.1 Å². The standard InChI is InChI=1S/C15H28N4O/c1-13-14(11-16)10-15(20-13)12-19-8-6-18(7-9-19)5-4-17(2)3/h10H,4-9,11-12,16H2,1-3H3. The molecule has 2 heterocycles. The Kier molecular flexibility index (Phi) is 5.60. The number of nitrogens with zero attached hydrogens (tertiary/aromatic N) is 3. The normalized spacial score (nSPS) is 18.1. The van der Waals surface area contributed by atoms with Gasteiger partial charge in [-0.15, -0.1) is 0 Å². The number of rotatable bonds is 6. The second kappa shape index (κ2) is 7.22.